The Morgan fingerprint density at radius 3 is 2.52 bits per heavy atom. The fourth-order valence-electron chi connectivity index (χ4n) is 2.12. The van der Waals surface area contributed by atoms with Crippen molar-refractivity contribution < 1.29 is 28.6 Å². The van der Waals surface area contributed by atoms with E-state index in [1.807, 2.05) is 13.8 Å². The monoisotopic (exact) mass is 354 g/mol. The summed E-state index contributed by atoms with van der Waals surface area (Å²) in [5.41, 5.74) is -0.0272. The van der Waals surface area contributed by atoms with Crippen molar-refractivity contribution in [2.45, 2.75) is 20.3 Å². The van der Waals surface area contributed by atoms with Crippen LogP contribution in [0.25, 0.3) is 0 Å². The van der Waals surface area contributed by atoms with Gasteiger partial charge in [0.2, 0.25) is 5.91 Å². The number of ether oxygens (including phenoxy) is 1. The van der Waals surface area contributed by atoms with Gasteiger partial charge in [0.15, 0.2) is 0 Å². The van der Waals surface area contributed by atoms with E-state index in [4.69, 9.17) is 9.84 Å². The number of anilines is 1. The molecule has 0 atom stereocenters. The Morgan fingerprint density at radius 2 is 2.00 bits per heavy atom. The molecule has 1 aromatic rings. The number of carbonyl (C=O) groups excluding carboxylic acids is 2. The highest BCUT2D eigenvalue weighted by atomic mass is 19.1. The molecule has 1 aromatic carbocycles. The Morgan fingerprint density at radius 1 is 1.32 bits per heavy atom. The summed E-state index contributed by atoms with van der Waals surface area (Å²) in [4.78, 5) is 36.0. The van der Waals surface area contributed by atoms with Gasteiger partial charge in [-0.3, -0.25) is 14.4 Å². The lowest BCUT2D eigenvalue weighted by Crippen LogP contribution is -2.38. The molecule has 0 unspecified atom stereocenters. The molecule has 0 bridgehead atoms. The van der Waals surface area contributed by atoms with E-state index in [0.29, 0.717) is 0 Å². The van der Waals surface area contributed by atoms with Gasteiger partial charge in [0.25, 0.3) is 5.91 Å². The fraction of sp³-hybridized carbons (Fsp3) is 0.471. The van der Waals surface area contributed by atoms with E-state index in [1.165, 1.54) is 19.2 Å². The van der Waals surface area contributed by atoms with E-state index in [0.717, 1.165) is 11.0 Å². The van der Waals surface area contributed by atoms with Gasteiger partial charge in [0.1, 0.15) is 12.4 Å². The summed E-state index contributed by atoms with van der Waals surface area (Å²) in [5, 5.41) is 11.3. The molecule has 138 valence electrons. The SMILES string of the molecule is COCCN(CC(=O)O)C(=O)c1ccc(NC(=O)CC(C)C)c(F)c1. The van der Waals surface area contributed by atoms with Crippen LogP contribution in [0, 0.1) is 11.7 Å². The van der Waals surface area contributed by atoms with E-state index in [-0.39, 0.29) is 42.6 Å². The standard InChI is InChI=1S/C17H23FN2O5/c1-11(2)8-15(21)19-14-5-4-12(9-13(14)18)17(24)20(6-7-25-3)10-16(22)23/h4-5,9,11H,6-8,10H2,1-3H3,(H,19,21)(H,22,23). The molecule has 0 fully saturated rings. The highest BCUT2D eigenvalue weighted by Crippen LogP contribution is 2.18. The first-order chi connectivity index (χ1) is 11.7. The Balaban J connectivity index is 2.90. The number of aliphatic carboxylic acids is 1. The van der Waals surface area contributed by atoms with Crippen molar-refractivity contribution in [2.75, 3.05) is 32.1 Å². The number of nitrogens with one attached hydrogen (secondary N) is 1. The maximum absolute atomic E-state index is 14.2. The van der Waals surface area contributed by atoms with Gasteiger partial charge in [0.05, 0.1) is 12.3 Å². The Kier molecular flexibility index (Phi) is 8.00. The predicted octanol–water partition coefficient (Wildman–Crippen LogP) is 1.98. The minimum absolute atomic E-state index is 0.00304. The molecule has 2 N–H and O–H groups in total. The Bertz CT molecular complexity index is 633. The van der Waals surface area contributed by atoms with E-state index in [9.17, 15) is 18.8 Å². The molecule has 0 aliphatic heterocycles. The Hall–Kier alpha value is -2.48. The second-order valence-corrected chi connectivity index (χ2v) is 5.95. The molecule has 0 spiro atoms. The zero-order valence-electron chi connectivity index (χ0n) is 14.5. The lowest BCUT2D eigenvalue weighted by molar-refractivity contribution is -0.137. The maximum Gasteiger partial charge on any atom is 0.323 e. The number of carboxylic acid groups (broad SMARTS) is 1. The van der Waals surface area contributed by atoms with Crippen molar-refractivity contribution in [2.24, 2.45) is 5.92 Å². The first kappa shape index (κ1) is 20.6. The zero-order valence-corrected chi connectivity index (χ0v) is 14.5. The van der Waals surface area contributed by atoms with Gasteiger partial charge in [-0.25, -0.2) is 4.39 Å². The fourth-order valence-corrected chi connectivity index (χ4v) is 2.12. The maximum atomic E-state index is 14.2. The van der Waals surface area contributed by atoms with Crippen LogP contribution >= 0.6 is 0 Å². The number of rotatable bonds is 9. The third-order valence-electron chi connectivity index (χ3n) is 3.26. The molecule has 25 heavy (non-hydrogen) atoms. The minimum atomic E-state index is -1.18. The highest BCUT2D eigenvalue weighted by Gasteiger charge is 2.20. The highest BCUT2D eigenvalue weighted by molar-refractivity contribution is 5.97. The van der Waals surface area contributed by atoms with Crippen LogP contribution in [0.5, 0.6) is 0 Å². The Labute approximate surface area is 145 Å². The van der Waals surface area contributed by atoms with Gasteiger partial charge in [-0.15, -0.1) is 0 Å². The third kappa shape index (κ3) is 6.88. The number of methoxy groups -OCH3 is 1. The van der Waals surface area contributed by atoms with Crippen LogP contribution in [0.15, 0.2) is 18.2 Å². The summed E-state index contributed by atoms with van der Waals surface area (Å²) in [5.74, 6) is -2.75. The molecule has 0 heterocycles. The average molecular weight is 354 g/mol. The second-order valence-electron chi connectivity index (χ2n) is 5.95. The van der Waals surface area contributed by atoms with Gasteiger partial charge in [0, 0.05) is 25.6 Å². The van der Waals surface area contributed by atoms with E-state index in [2.05, 4.69) is 5.32 Å². The lowest BCUT2D eigenvalue weighted by atomic mass is 10.1. The quantitative estimate of drug-likeness (QED) is 0.707. The largest absolute Gasteiger partial charge is 0.480 e. The number of hydrogen-bond acceptors (Lipinski definition) is 4. The van der Waals surface area contributed by atoms with Crippen LogP contribution in [0.3, 0.4) is 0 Å². The molecule has 0 radical (unpaired) electrons. The topological polar surface area (TPSA) is 95.9 Å². The van der Waals surface area contributed by atoms with E-state index in [1.54, 1.807) is 0 Å². The molecular weight excluding hydrogens is 331 g/mol. The summed E-state index contributed by atoms with van der Waals surface area (Å²) in [6, 6.07) is 3.61. The lowest BCUT2D eigenvalue weighted by Gasteiger charge is -2.20. The molecule has 0 saturated heterocycles. The third-order valence-corrected chi connectivity index (χ3v) is 3.26. The molecule has 7 nitrogen and oxygen atoms in total. The molecule has 1 rings (SSSR count). The zero-order chi connectivity index (χ0) is 19.0. The first-order valence-electron chi connectivity index (χ1n) is 7.84. The summed E-state index contributed by atoms with van der Waals surface area (Å²) in [6.45, 7) is 3.45. The molecule has 0 aliphatic carbocycles. The van der Waals surface area contributed by atoms with Gasteiger partial charge >= 0.3 is 5.97 Å². The number of amides is 2. The van der Waals surface area contributed by atoms with Crippen molar-refractivity contribution >= 4 is 23.5 Å². The summed E-state index contributed by atoms with van der Waals surface area (Å²) < 4.78 is 19.0. The van der Waals surface area contributed by atoms with Crippen LogP contribution in [-0.4, -0.2) is 54.6 Å². The van der Waals surface area contributed by atoms with Gasteiger partial charge < -0.3 is 20.1 Å². The molecule has 2 amide bonds. The van der Waals surface area contributed by atoms with Gasteiger partial charge in [-0.1, -0.05) is 13.8 Å². The second kappa shape index (κ2) is 9.73. The van der Waals surface area contributed by atoms with Crippen LogP contribution in [0.4, 0.5) is 10.1 Å². The van der Waals surface area contributed by atoms with Crippen molar-refractivity contribution in [3.8, 4) is 0 Å². The molecule has 0 aliphatic rings. The summed E-state index contributed by atoms with van der Waals surface area (Å²) in [7, 11) is 1.43. The number of halogens is 1. The number of carboxylic acids is 1. The van der Waals surface area contributed by atoms with Crippen LogP contribution in [0.2, 0.25) is 0 Å². The molecule has 8 heteroatoms. The predicted molar refractivity (Wildman–Crippen MR) is 89.9 cm³/mol. The summed E-state index contributed by atoms with van der Waals surface area (Å²) >= 11 is 0. The van der Waals surface area contributed by atoms with Crippen LogP contribution < -0.4 is 5.32 Å². The molecule has 0 aromatic heterocycles. The van der Waals surface area contributed by atoms with Crippen molar-refractivity contribution in [1.82, 2.24) is 4.90 Å². The number of nitrogens with zero attached hydrogens (tertiary/aromatic N) is 1. The van der Waals surface area contributed by atoms with Gasteiger partial charge in [-0.2, -0.15) is 0 Å². The van der Waals surface area contributed by atoms with E-state index < -0.39 is 24.2 Å². The number of carbonyl (C=O) groups is 3. The van der Waals surface area contributed by atoms with Crippen molar-refractivity contribution in [3.05, 3.63) is 29.6 Å². The van der Waals surface area contributed by atoms with Crippen LogP contribution in [0.1, 0.15) is 30.6 Å². The normalized spacial score (nSPS) is 10.6. The minimum Gasteiger partial charge on any atom is -0.480 e. The van der Waals surface area contributed by atoms with E-state index >= 15 is 0 Å². The van der Waals surface area contributed by atoms with Crippen molar-refractivity contribution in [3.63, 3.8) is 0 Å². The number of benzene rings is 1. The number of hydrogen-bond donors (Lipinski definition) is 2. The smallest absolute Gasteiger partial charge is 0.323 e. The van der Waals surface area contributed by atoms with Gasteiger partial charge in [-0.05, 0) is 24.1 Å². The summed E-state index contributed by atoms with van der Waals surface area (Å²) in [6.07, 6.45) is 0.254. The average Bonchev–Trinajstić information content (AvgIpc) is 2.51. The first-order valence-corrected chi connectivity index (χ1v) is 7.84. The van der Waals surface area contributed by atoms with Crippen molar-refractivity contribution in [1.29, 1.82) is 0 Å². The molecule has 0 saturated carbocycles. The molecular formula is C17H23FN2O5. The van der Waals surface area contributed by atoms with Crippen LogP contribution in [-0.2, 0) is 14.3 Å².